The smallest absolute Gasteiger partial charge is 0.270 e. The summed E-state index contributed by atoms with van der Waals surface area (Å²) in [5, 5.41) is 3.31. The molecule has 0 N–H and O–H groups in total. The summed E-state index contributed by atoms with van der Waals surface area (Å²) in [4.78, 5) is 11.9. The number of hydrogen-bond donors (Lipinski definition) is 0. The molecule has 0 spiro atoms. The van der Waals surface area contributed by atoms with Crippen LogP contribution >= 0.6 is 0 Å². The minimum absolute atomic E-state index is 0.276. The molecule has 0 bridgehead atoms. The zero-order valence-corrected chi connectivity index (χ0v) is 11.2. The first-order valence-electron chi connectivity index (χ1n) is 5.35. The van der Waals surface area contributed by atoms with Crippen molar-refractivity contribution in [3.05, 3.63) is 18.0 Å². The van der Waals surface area contributed by atoms with Crippen LogP contribution in [0.2, 0.25) is 0 Å². The maximum absolute atomic E-state index is 11.9. The van der Waals surface area contributed by atoms with Crippen LogP contribution in [0.3, 0.4) is 0 Å². The third-order valence-electron chi connectivity index (χ3n) is 2.47. The van der Waals surface area contributed by atoms with Crippen molar-refractivity contribution < 1.29 is 13.2 Å². The number of nitrogens with zero attached hydrogens (tertiary/aromatic N) is 3. The molecule has 0 saturated carbocycles. The van der Waals surface area contributed by atoms with Crippen LogP contribution in [0.25, 0.3) is 0 Å². The van der Waals surface area contributed by atoms with Gasteiger partial charge < -0.3 is 0 Å². The molecular weight excluding hydrogens is 242 g/mol. The molecular formula is C10H17N3O3S. The highest BCUT2D eigenvalue weighted by Gasteiger charge is 2.28. The molecule has 1 heterocycles. The second kappa shape index (κ2) is 4.87. The number of carbonyl (C=O) groups excluding carboxylic acids is 1. The molecule has 96 valence electrons. The molecule has 6 nitrogen and oxygen atoms in total. The summed E-state index contributed by atoms with van der Waals surface area (Å²) in [6.07, 6.45) is 2.91. The molecule has 0 fully saturated rings. The van der Waals surface area contributed by atoms with Crippen molar-refractivity contribution in [2.45, 2.75) is 32.6 Å². The maximum atomic E-state index is 11.9. The molecule has 1 aromatic heterocycles. The Balaban J connectivity index is 2.98. The Morgan fingerprint density at radius 2 is 2.12 bits per heavy atom. The largest absolute Gasteiger partial charge is 0.272 e. The van der Waals surface area contributed by atoms with Crippen LogP contribution in [0, 0.1) is 0 Å². The number of aromatic nitrogens is 2. The highest BCUT2D eigenvalue weighted by molar-refractivity contribution is 7.90. The molecule has 0 radical (unpaired) electrons. The molecule has 0 aromatic carbocycles. The van der Waals surface area contributed by atoms with Crippen LogP contribution in [0.5, 0.6) is 0 Å². The highest BCUT2D eigenvalue weighted by Crippen LogP contribution is 2.11. The van der Waals surface area contributed by atoms with E-state index in [0.717, 1.165) is 4.31 Å². The number of aryl methyl sites for hydroxylation is 1. The Morgan fingerprint density at radius 3 is 2.53 bits per heavy atom. The number of hydrogen-bond acceptors (Lipinski definition) is 4. The summed E-state index contributed by atoms with van der Waals surface area (Å²) >= 11 is 0. The first-order valence-corrected chi connectivity index (χ1v) is 6.85. The number of amides is 1. The van der Waals surface area contributed by atoms with Gasteiger partial charge in [-0.1, -0.05) is 0 Å². The van der Waals surface area contributed by atoms with Crippen molar-refractivity contribution in [1.82, 2.24) is 14.1 Å². The average Bonchev–Trinajstić information content (AvgIpc) is 2.75. The summed E-state index contributed by atoms with van der Waals surface area (Å²) in [7, 11) is -2.31. The average molecular weight is 259 g/mol. The van der Waals surface area contributed by atoms with Crippen molar-refractivity contribution in [1.29, 1.82) is 0 Å². The van der Waals surface area contributed by atoms with Crippen LogP contribution in [-0.2, 0) is 16.6 Å². The molecule has 0 aliphatic carbocycles. The fraction of sp³-hybridized carbons (Fsp3) is 0.600. The zero-order valence-electron chi connectivity index (χ0n) is 10.4. The summed E-state index contributed by atoms with van der Waals surface area (Å²) in [6, 6.07) is 0. The van der Waals surface area contributed by atoms with Gasteiger partial charge in [0.1, 0.15) is 0 Å². The van der Waals surface area contributed by atoms with Gasteiger partial charge in [-0.15, -0.1) is 0 Å². The van der Waals surface area contributed by atoms with Gasteiger partial charge in [-0.2, -0.15) is 5.10 Å². The fourth-order valence-corrected chi connectivity index (χ4v) is 2.23. The van der Waals surface area contributed by atoms with Crippen molar-refractivity contribution in [2.24, 2.45) is 0 Å². The number of rotatable bonds is 4. The highest BCUT2D eigenvalue weighted by atomic mass is 32.2. The van der Waals surface area contributed by atoms with E-state index in [1.165, 1.54) is 33.3 Å². The monoisotopic (exact) mass is 259 g/mol. The van der Waals surface area contributed by atoms with Gasteiger partial charge in [0.15, 0.2) is 0 Å². The summed E-state index contributed by atoms with van der Waals surface area (Å²) < 4.78 is 25.9. The van der Waals surface area contributed by atoms with Gasteiger partial charge in [0, 0.05) is 19.8 Å². The second-order valence-electron chi connectivity index (χ2n) is 3.95. The molecule has 0 atom stereocenters. The summed E-state index contributed by atoms with van der Waals surface area (Å²) in [5.74, 6) is -0.557. The lowest BCUT2D eigenvalue weighted by Crippen LogP contribution is -2.37. The predicted molar refractivity (Wildman–Crippen MR) is 64.1 cm³/mol. The van der Waals surface area contributed by atoms with E-state index in [1.807, 2.05) is 6.92 Å². The van der Waals surface area contributed by atoms with Crippen LogP contribution < -0.4 is 0 Å². The third kappa shape index (κ3) is 2.66. The van der Waals surface area contributed by atoms with E-state index >= 15 is 0 Å². The first kappa shape index (κ1) is 13.7. The van der Waals surface area contributed by atoms with Crippen LogP contribution in [-0.4, -0.2) is 40.7 Å². The zero-order chi connectivity index (χ0) is 13.2. The normalized spacial score (nSPS) is 11.8. The van der Waals surface area contributed by atoms with Crippen molar-refractivity contribution in [2.75, 3.05) is 7.05 Å². The van der Waals surface area contributed by atoms with Gasteiger partial charge in [-0.25, -0.2) is 12.7 Å². The minimum atomic E-state index is -3.57. The van der Waals surface area contributed by atoms with Gasteiger partial charge in [-0.05, 0) is 20.8 Å². The molecule has 0 saturated heterocycles. The Labute approximate surface area is 101 Å². The van der Waals surface area contributed by atoms with E-state index < -0.39 is 21.2 Å². The van der Waals surface area contributed by atoms with E-state index in [4.69, 9.17) is 0 Å². The molecule has 0 unspecified atom stereocenters. The van der Waals surface area contributed by atoms with E-state index in [9.17, 15) is 13.2 Å². The minimum Gasteiger partial charge on any atom is -0.272 e. The Morgan fingerprint density at radius 1 is 1.53 bits per heavy atom. The first-order chi connectivity index (χ1) is 7.80. The molecule has 0 aliphatic heterocycles. The topological polar surface area (TPSA) is 72.3 Å². The molecule has 17 heavy (non-hydrogen) atoms. The van der Waals surface area contributed by atoms with Gasteiger partial charge in [0.2, 0.25) is 10.0 Å². The lowest BCUT2D eigenvalue weighted by molar-refractivity contribution is 0.0882. The Hall–Kier alpha value is -1.37. The molecule has 1 rings (SSSR count). The predicted octanol–water partition coefficient (Wildman–Crippen LogP) is 0.713. The lowest BCUT2D eigenvalue weighted by atomic mass is 10.3. The van der Waals surface area contributed by atoms with Gasteiger partial charge in [0.25, 0.3) is 5.91 Å². The fourth-order valence-electron chi connectivity index (χ4n) is 1.26. The van der Waals surface area contributed by atoms with E-state index in [2.05, 4.69) is 5.10 Å². The number of carbonyl (C=O) groups is 1. The van der Waals surface area contributed by atoms with Gasteiger partial charge in [0.05, 0.1) is 17.0 Å². The third-order valence-corrected chi connectivity index (χ3v) is 4.59. The molecule has 1 amide bonds. The Kier molecular flexibility index (Phi) is 3.92. The van der Waals surface area contributed by atoms with Crippen molar-refractivity contribution in [3.8, 4) is 0 Å². The van der Waals surface area contributed by atoms with Crippen LogP contribution in [0.15, 0.2) is 12.4 Å². The van der Waals surface area contributed by atoms with E-state index in [1.54, 1.807) is 4.68 Å². The standard InChI is InChI=1S/C10H17N3O3S/c1-5-13-7-9(6-11-13)10(14)12(4)17(15,16)8(2)3/h6-8H,5H2,1-4H3. The van der Waals surface area contributed by atoms with Crippen molar-refractivity contribution >= 4 is 15.9 Å². The molecule has 7 heteroatoms. The summed E-state index contributed by atoms with van der Waals surface area (Å²) in [5.41, 5.74) is 0.276. The van der Waals surface area contributed by atoms with Crippen LogP contribution in [0.4, 0.5) is 0 Å². The maximum Gasteiger partial charge on any atom is 0.270 e. The van der Waals surface area contributed by atoms with E-state index in [0.29, 0.717) is 6.54 Å². The Bertz CT molecular complexity index is 505. The summed E-state index contributed by atoms with van der Waals surface area (Å²) in [6.45, 7) is 5.59. The van der Waals surface area contributed by atoms with Crippen molar-refractivity contribution in [3.63, 3.8) is 0 Å². The SMILES string of the molecule is CCn1cc(C(=O)N(C)S(=O)(=O)C(C)C)cn1. The molecule has 0 aliphatic rings. The van der Waals surface area contributed by atoms with Crippen LogP contribution in [0.1, 0.15) is 31.1 Å². The number of sulfonamides is 1. The lowest BCUT2D eigenvalue weighted by Gasteiger charge is -2.19. The van der Waals surface area contributed by atoms with Gasteiger partial charge in [-0.3, -0.25) is 9.48 Å². The quantitative estimate of drug-likeness (QED) is 0.798. The second-order valence-corrected chi connectivity index (χ2v) is 6.47. The van der Waals surface area contributed by atoms with E-state index in [-0.39, 0.29) is 5.56 Å². The van der Waals surface area contributed by atoms with Gasteiger partial charge >= 0.3 is 0 Å². The molecule has 1 aromatic rings.